The van der Waals surface area contributed by atoms with Gasteiger partial charge in [-0.25, -0.2) is 4.79 Å². The third-order valence-electron chi connectivity index (χ3n) is 6.51. The highest BCUT2D eigenvalue weighted by atomic mass is 16.6. The molecule has 3 heteroatoms. The molecule has 0 spiro atoms. The number of carbonyl (C=O) groups is 1. The largest absolute Gasteiger partial charge is 0.446 e. The van der Waals surface area contributed by atoms with Crippen LogP contribution in [-0.2, 0) is 28.0 Å². The van der Waals surface area contributed by atoms with Crippen molar-refractivity contribution in [3.05, 3.63) is 144 Å². The highest BCUT2D eigenvalue weighted by molar-refractivity contribution is 6.11. The number of carbonyl (C=O) groups excluding carboxylic acids is 1. The number of hydrogen-bond donors (Lipinski definition) is 0. The van der Waals surface area contributed by atoms with Crippen LogP contribution in [0.15, 0.2) is 126 Å². The van der Waals surface area contributed by atoms with Crippen LogP contribution in [0.5, 0.6) is 0 Å². The summed E-state index contributed by atoms with van der Waals surface area (Å²) in [5, 5.41) is 0. The van der Waals surface area contributed by atoms with Crippen LogP contribution in [0.25, 0.3) is 0 Å². The number of rotatable bonds is 6. The molecule has 0 radical (unpaired) electrons. The molecular formula is C31H27NO2. The van der Waals surface area contributed by atoms with Crippen LogP contribution < -0.4 is 0 Å². The Morgan fingerprint density at radius 2 is 1.09 bits per heavy atom. The van der Waals surface area contributed by atoms with Gasteiger partial charge in [0.25, 0.3) is 0 Å². The van der Waals surface area contributed by atoms with Crippen molar-refractivity contribution in [1.82, 2.24) is 0 Å². The zero-order chi connectivity index (χ0) is 23.4. The number of esters is 1. The van der Waals surface area contributed by atoms with Crippen molar-refractivity contribution in [3.63, 3.8) is 0 Å². The molecule has 34 heavy (non-hydrogen) atoms. The van der Waals surface area contributed by atoms with Gasteiger partial charge >= 0.3 is 5.97 Å². The molecular weight excluding hydrogens is 418 g/mol. The van der Waals surface area contributed by atoms with E-state index in [0.29, 0.717) is 12.8 Å². The van der Waals surface area contributed by atoms with Crippen molar-refractivity contribution in [2.75, 3.05) is 0 Å². The van der Waals surface area contributed by atoms with Crippen LogP contribution in [0.3, 0.4) is 0 Å². The molecule has 5 rings (SSSR count). The van der Waals surface area contributed by atoms with Gasteiger partial charge in [-0.15, -0.1) is 0 Å². The van der Waals surface area contributed by atoms with E-state index in [1.54, 1.807) is 0 Å². The maximum absolute atomic E-state index is 14.0. The standard InChI is InChI=1S/C31H27NO2/c1-30(27-20-12-5-13-21-27)28(26-18-10-4-11-19-26)32-31(29(33)34-30,22-24-14-6-2-7-15-24)23-25-16-8-3-9-17-25/h2-21H,22-23H2,1H3/t30-/m1/s1. The minimum Gasteiger partial charge on any atom is -0.446 e. The highest BCUT2D eigenvalue weighted by Crippen LogP contribution is 2.40. The summed E-state index contributed by atoms with van der Waals surface area (Å²) in [6.45, 7) is 1.95. The van der Waals surface area contributed by atoms with Crippen LogP contribution in [-0.4, -0.2) is 17.2 Å². The van der Waals surface area contributed by atoms with E-state index in [1.807, 2.05) is 128 Å². The molecule has 0 N–H and O–H groups in total. The predicted octanol–water partition coefficient (Wildman–Crippen LogP) is 6.17. The zero-order valence-electron chi connectivity index (χ0n) is 19.2. The third-order valence-corrected chi connectivity index (χ3v) is 6.51. The number of hydrogen-bond acceptors (Lipinski definition) is 3. The fourth-order valence-electron chi connectivity index (χ4n) is 4.74. The van der Waals surface area contributed by atoms with Crippen molar-refractivity contribution in [2.24, 2.45) is 4.99 Å². The number of nitrogens with zero attached hydrogens (tertiary/aromatic N) is 1. The van der Waals surface area contributed by atoms with Crippen molar-refractivity contribution < 1.29 is 9.53 Å². The van der Waals surface area contributed by atoms with E-state index < -0.39 is 11.1 Å². The van der Waals surface area contributed by atoms with Crippen LogP contribution in [0, 0.1) is 0 Å². The summed E-state index contributed by atoms with van der Waals surface area (Å²) in [7, 11) is 0. The quantitative estimate of drug-likeness (QED) is 0.333. The second-order valence-corrected chi connectivity index (χ2v) is 8.97. The molecule has 1 atom stereocenters. The average molecular weight is 446 g/mol. The Balaban J connectivity index is 1.72. The van der Waals surface area contributed by atoms with E-state index in [4.69, 9.17) is 9.73 Å². The molecule has 3 nitrogen and oxygen atoms in total. The van der Waals surface area contributed by atoms with Gasteiger partial charge in [0.2, 0.25) is 0 Å². The molecule has 1 heterocycles. The molecule has 4 aromatic rings. The van der Waals surface area contributed by atoms with E-state index in [2.05, 4.69) is 0 Å². The average Bonchev–Trinajstić information content (AvgIpc) is 2.89. The lowest BCUT2D eigenvalue weighted by Gasteiger charge is -2.42. The van der Waals surface area contributed by atoms with Gasteiger partial charge in [0.15, 0.2) is 11.1 Å². The Morgan fingerprint density at radius 3 is 1.59 bits per heavy atom. The molecule has 0 bridgehead atoms. The molecule has 4 aromatic carbocycles. The van der Waals surface area contributed by atoms with Gasteiger partial charge in [-0.3, -0.25) is 4.99 Å². The fraction of sp³-hybridized carbons (Fsp3) is 0.161. The molecule has 0 amide bonds. The maximum Gasteiger partial charge on any atom is 0.336 e. The van der Waals surface area contributed by atoms with Gasteiger partial charge < -0.3 is 4.74 Å². The number of ether oxygens (including phenoxy) is 1. The van der Waals surface area contributed by atoms with Gasteiger partial charge in [0.05, 0.1) is 5.71 Å². The summed E-state index contributed by atoms with van der Waals surface area (Å²) >= 11 is 0. The van der Waals surface area contributed by atoms with Crippen molar-refractivity contribution in [2.45, 2.75) is 30.9 Å². The minimum atomic E-state index is -1.07. The Kier molecular flexibility index (Phi) is 5.85. The van der Waals surface area contributed by atoms with E-state index in [1.165, 1.54) is 0 Å². The van der Waals surface area contributed by atoms with E-state index >= 15 is 0 Å². The minimum absolute atomic E-state index is 0.300. The van der Waals surface area contributed by atoms with Gasteiger partial charge in [-0.1, -0.05) is 121 Å². The van der Waals surface area contributed by atoms with Gasteiger partial charge in [-0.2, -0.15) is 0 Å². The number of benzene rings is 4. The molecule has 0 saturated heterocycles. The van der Waals surface area contributed by atoms with Gasteiger partial charge in [0.1, 0.15) is 0 Å². The van der Waals surface area contributed by atoms with E-state index in [0.717, 1.165) is 28.0 Å². The second-order valence-electron chi connectivity index (χ2n) is 8.97. The maximum atomic E-state index is 14.0. The molecule has 0 unspecified atom stereocenters. The lowest BCUT2D eigenvalue weighted by atomic mass is 9.79. The first-order chi connectivity index (χ1) is 16.6. The van der Waals surface area contributed by atoms with Gasteiger partial charge in [0, 0.05) is 24.0 Å². The molecule has 168 valence electrons. The van der Waals surface area contributed by atoms with Crippen LogP contribution in [0.4, 0.5) is 0 Å². The summed E-state index contributed by atoms with van der Waals surface area (Å²) in [6.07, 6.45) is 0.922. The summed E-state index contributed by atoms with van der Waals surface area (Å²) in [5.41, 5.74) is 2.67. The normalized spacial score (nSPS) is 19.2. The number of cyclic esters (lactones) is 1. The third kappa shape index (κ3) is 4.17. The summed E-state index contributed by atoms with van der Waals surface area (Å²) in [6, 6.07) is 40.1. The molecule has 0 aromatic heterocycles. The van der Waals surface area contributed by atoms with Crippen molar-refractivity contribution in [1.29, 1.82) is 0 Å². The van der Waals surface area contributed by atoms with Crippen LogP contribution >= 0.6 is 0 Å². The monoisotopic (exact) mass is 445 g/mol. The Morgan fingerprint density at radius 1 is 0.647 bits per heavy atom. The molecule has 1 aliphatic rings. The Hall–Kier alpha value is -3.98. The fourth-order valence-corrected chi connectivity index (χ4v) is 4.74. The number of aliphatic imine (C=N–C) groups is 1. The second kappa shape index (κ2) is 9.11. The lowest BCUT2D eigenvalue weighted by molar-refractivity contribution is -0.162. The Labute approximate surface area is 200 Å². The summed E-state index contributed by atoms with van der Waals surface area (Å²) in [4.78, 5) is 19.3. The molecule has 0 saturated carbocycles. The lowest BCUT2D eigenvalue weighted by Crippen LogP contribution is -2.54. The SMILES string of the molecule is C[C@]1(c2ccccc2)OC(=O)C(Cc2ccccc2)(Cc2ccccc2)N=C1c1ccccc1. The smallest absolute Gasteiger partial charge is 0.336 e. The summed E-state index contributed by atoms with van der Waals surface area (Å²) < 4.78 is 6.42. The highest BCUT2D eigenvalue weighted by Gasteiger charge is 2.51. The summed E-state index contributed by atoms with van der Waals surface area (Å²) in [5.74, 6) is -0.300. The van der Waals surface area contributed by atoms with Crippen molar-refractivity contribution >= 4 is 11.7 Å². The van der Waals surface area contributed by atoms with E-state index in [-0.39, 0.29) is 5.97 Å². The van der Waals surface area contributed by atoms with Gasteiger partial charge in [-0.05, 0) is 18.1 Å². The zero-order valence-corrected chi connectivity index (χ0v) is 19.2. The first kappa shape index (κ1) is 21.8. The molecule has 0 fully saturated rings. The Bertz CT molecular complexity index is 1240. The topological polar surface area (TPSA) is 38.7 Å². The molecule has 1 aliphatic heterocycles. The first-order valence-electron chi connectivity index (χ1n) is 11.6. The van der Waals surface area contributed by atoms with Crippen LogP contribution in [0.1, 0.15) is 29.2 Å². The van der Waals surface area contributed by atoms with E-state index in [9.17, 15) is 4.79 Å². The van der Waals surface area contributed by atoms with Crippen LogP contribution in [0.2, 0.25) is 0 Å². The first-order valence-corrected chi connectivity index (χ1v) is 11.6. The predicted molar refractivity (Wildman–Crippen MR) is 136 cm³/mol. The van der Waals surface area contributed by atoms with Crippen molar-refractivity contribution in [3.8, 4) is 0 Å². The molecule has 0 aliphatic carbocycles.